The molecule has 1 fully saturated rings. The van der Waals surface area contributed by atoms with Crippen LogP contribution in [-0.2, 0) is 21.2 Å². The second-order valence-corrected chi connectivity index (χ2v) is 9.17. The SMILES string of the molecule is O=C(CCc1ccccc1)NCCCS(=O)(=O)N1CCN(c2ccccn2)CC1. The molecule has 3 rings (SSSR count). The zero-order chi connectivity index (χ0) is 20.5. The molecule has 1 amide bonds. The van der Waals surface area contributed by atoms with Crippen LogP contribution in [0.4, 0.5) is 5.82 Å². The molecule has 29 heavy (non-hydrogen) atoms. The van der Waals surface area contributed by atoms with Gasteiger partial charge in [-0.25, -0.2) is 13.4 Å². The lowest BCUT2D eigenvalue weighted by molar-refractivity contribution is -0.121. The predicted octanol–water partition coefficient (Wildman–Crippen LogP) is 1.67. The first kappa shape index (κ1) is 21.3. The lowest BCUT2D eigenvalue weighted by Gasteiger charge is -2.34. The third-order valence-electron chi connectivity index (χ3n) is 4.99. The average Bonchev–Trinajstić information content (AvgIpc) is 2.77. The molecule has 0 saturated carbocycles. The highest BCUT2D eigenvalue weighted by molar-refractivity contribution is 7.89. The number of pyridine rings is 1. The van der Waals surface area contributed by atoms with Gasteiger partial charge in [-0.1, -0.05) is 36.4 Å². The largest absolute Gasteiger partial charge is 0.356 e. The summed E-state index contributed by atoms with van der Waals surface area (Å²) < 4.78 is 26.7. The highest BCUT2D eigenvalue weighted by Gasteiger charge is 2.26. The first-order valence-electron chi connectivity index (χ1n) is 9.99. The normalized spacial score (nSPS) is 15.2. The molecule has 2 aromatic rings. The van der Waals surface area contributed by atoms with E-state index in [0.717, 1.165) is 11.4 Å². The van der Waals surface area contributed by atoms with E-state index in [0.29, 0.717) is 52.0 Å². The Bertz CT molecular complexity index is 867. The van der Waals surface area contributed by atoms with Crippen molar-refractivity contribution < 1.29 is 13.2 Å². The number of hydrogen-bond donors (Lipinski definition) is 1. The van der Waals surface area contributed by atoms with Gasteiger partial charge >= 0.3 is 0 Å². The smallest absolute Gasteiger partial charge is 0.220 e. The number of carbonyl (C=O) groups is 1. The summed E-state index contributed by atoms with van der Waals surface area (Å²) >= 11 is 0. The molecule has 1 saturated heterocycles. The maximum atomic E-state index is 12.6. The number of nitrogens with zero attached hydrogens (tertiary/aromatic N) is 3. The van der Waals surface area contributed by atoms with Gasteiger partial charge in [0.05, 0.1) is 5.75 Å². The first-order chi connectivity index (χ1) is 14.0. The van der Waals surface area contributed by atoms with Gasteiger partial charge in [0.15, 0.2) is 0 Å². The van der Waals surface area contributed by atoms with E-state index in [1.165, 1.54) is 0 Å². The van der Waals surface area contributed by atoms with Crippen LogP contribution in [0.15, 0.2) is 54.7 Å². The summed E-state index contributed by atoms with van der Waals surface area (Å²) in [7, 11) is -3.31. The van der Waals surface area contributed by atoms with Crippen molar-refractivity contribution in [2.75, 3.05) is 43.4 Å². The monoisotopic (exact) mass is 416 g/mol. The minimum absolute atomic E-state index is 0.0461. The van der Waals surface area contributed by atoms with E-state index in [1.54, 1.807) is 10.5 Å². The Hall–Kier alpha value is -2.45. The molecule has 1 aliphatic rings. The van der Waals surface area contributed by atoms with E-state index < -0.39 is 10.0 Å². The average molecular weight is 417 g/mol. The van der Waals surface area contributed by atoms with Gasteiger partial charge in [0.1, 0.15) is 5.82 Å². The summed E-state index contributed by atoms with van der Waals surface area (Å²) in [5.74, 6) is 0.883. The van der Waals surface area contributed by atoms with Gasteiger partial charge in [0, 0.05) is 45.3 Å². The third kappa shape index (κ3) is 6.54. The Kier molecular flexibility index (Phi) is 7.60. The lowest BCUT2D eigenvalue weighted by atomic mass is 10.1. The van der Waals surface area contributed by atoms with Crippen LogP contribution in [0.5, 0.6) is 0 Å². The van der Waals surface area contributed by atoms with Gasteiger partial charge < -0.3 is 10.2 Å². The van der Waals surface area contributed by atoms with Crippen molar-refractivity contribution in [3.63, 3.8) is 0 Å². The number of hydrogen-bond acceptors (Lipinski definition) is 5. The summed E-state index contributed by atoms with van der Waals surface area (Å²) in [5.41, 5.74) is 1.12. The molecule has 1 N–H and O–H groups in total. The minimum Gasteiger partial charge on any atom is -0.356 e. The Morgan fingerprint density at radius 3 is 2.41 bits per heavy atom. The van der Waals surface area contributed by atoms with Crippen molar-refractivity contribution in [1.29, 1.82) is 0 Å². The molecule has 2 heterocycles. The van der Waals surface area contributed by atoms with Crippen LogP contribution in [-0.4, -0.2) is 62.1 Å². The molecule has 1 aromatic heterocycles. The zero-order valence-electron chi connectivity index (χ0n) is 16.5. The number of aryl methyl sites for hydroxylation is 1. The Labute approximate surface area is 172 Å². The van der Waals surface area contributed by atoms with Gasteiger partial charge in [-0.05, 0) is 30.5 Å². The van der Waals surface area contributed by atoms with E-state index >= 15 is 0 Å². The second kappa shape index (κ2) is 10.4. The number of nitrogens with one attached hydrogen (secondary N) is 1. The van der Waals surface area contributed by atoms with E-state index in [2.05, 4.69) is 15.2 Å². The van der Waals surface area contributed by atoms with Crippen molar-refractivity contribution >= 4 is 21.7 Å². The molecular formula is C21H28N4O3S. The predicted molar refractivity (Wildman–Crippen MR) is 114 cm³/mol. The van der Waals surface area contributed by atoms with Crippen LogP contribution < -0.4 is 10.2 Å². The van der Waals surface area contributed by atoms with Gasteiger partial charge in [-0.3, -0.25) is 4.79 Å². The molecule has 0 radical (unpaired) electrons. The molecule has 0 unspecified atom stereocenters. The number of amides is 1. The summed E-state index contributed by atoms with van der Waals surface area (Å²) in [6.45, 7) is 2.56. The minimum atomic E-state index is -3.31. The lowest BCUT2D eigenvalue weighted by Crippen LogP contribution is -2.49. The molecule has 0 atom stereocenters. The zero-order valence-corrected chi connectivity index (χ0v) is 17.4. The van der Waals surface area contributed by atoms with E-state index in [4.69, 9.17) is 0 Å². The number of anilines is 1. The quantitative estimate of drug-likeness (QED) is 0.629. The molecule has 8 heteroatoms. The van der Waals surface area contributed by atoms with Gasteiger partial charge in [0.2, 0.25) is 15.9 Å². The van der Waals surface area contributed by atoms with Crippen molar-refractivity contribution in [2.45, 2.75) is 19.3 Å². The number of sulfonamides is 1. The molecule has 156 valence electrons. The van der Waals surface area contributed by atoms with Crippen LogP contribution in [0, 0.1) is 0 Å². The number of aromatic nitrogens is 1. The molecule has 0 aliphatic carbocycles. The van der Waals surface area contributed by atoms with Gasteiger partial charge in [-0.15, -0.1) is 0 Å². The summed E-state index contributed by atoms with van der Waals surface area (Å²) in [4.78, 5) is 18.3. The summed E-state index contributed by atoms with van der Waals surface area (Å²) in [5, 5.41) is 2.82. The molecule has 0 bridgehead atoms. The van der Waals surface area contributed by atoms with Crippen LogP contribution in [0.3, 0.4) is 0 Å². The van der Waals surface area contributed by atoms with Gasteiger partial charge in [-0.2, -0.15) is 4.31 Å². The molecule has 1 aliphatic heterocycles. The number of carbonyl (C=O) groups excluding carboxylic acids is 1. The first-order valence-corrected chi connectivity index (χ1v) is 11.6. The summed E-state index contributed by atoms with van der Waals surface area (Å²) in [6, 6.07) is 15.6. The van der Waals surface area contributed by atoms with Gasteiger partial charge in [0.25, 0.3) is 0 Å². The van der Waals surface area contributed by atoms with Crippen molar-refractivity contribution in [3.8, 4) is 0 Å². The highest BCUT2D eigenvalue weighted by Crippen LogP contribution is 2.15. The van der Waals surface area contributed by atoms with E-state index in [1.807, 2.05) is 48.5 Å². The standard InChI is InChI=1S/C21H28N4O3S/c26-21(11-10-19-7-2-1-3-8-19)23-13-6-18-29(27,28)25-16-14-24(15-17-25)20-9-4-5-12-22-20/h1-5,7-9,12H,6,10-11,13-18H2,(H,23,26). The van der Waals surface area contributed by atoms with Crippen molar-refractivity contribution in [1.82, 2.24) is 14.6 Å². The van der Waals surface area contributed by atoms with Crippen molar-refractivity contribution in [3.05, 3.63) is 60.3 Å². The molecule has 0 spiro atoms. The Morgan fingerprint density at radius 1 is 1.00 bits per heavy atom. The Balaban J connectivity index is 1.34. The molecule has 1 aromatic carbocycles. The fourth-order valence-corrected chi connectivity index (χ4v) is 4.83. The van der Waals surface area contributed by atoms with Crippen molar-refractivity contribution in [2.24, 2.45) is 0 Å². The fraction of sp³-hybridized carbons (Fsp3) is 0.429. The van der Waals surface area contributed by atoms with Crippen LogP contribution in [0.25, 0.3) is 0 Å². The Morgan fingerprint density at radius 2 is 1.72 bits per heavy atom. The maximum absolute atomic E-state index is 12.6. The molecular weight excluding hydrogens is 388 g/mol. The maximum Gasteiger partial charge on any atom is 0.220 e. The third-order valence-corrected chi connectivity index (χ3v) is 6.95. The van der Waals surface area contributed by atoms with Crippen LogP contribution in [0.2, 0.25) is 0 Å². The number of rotatable bonds is 9. The van der Waals surface area contributed by atoms with E-state index in [9.17, 15) is 13.2 Å². The number of benzene rings is 1. The van der Waals surface area contributed by atoms with Crippen LogP contribution in [0.1, 0.15) is 18.4 Å². The van der Waals surface area contributed by atoms with E-state index in [-0.39, 0.29) is 11.7 Å². The van der Waals surface area contributed by atoms with Crippen LogP contribution >= 0.6 is 0 Å². The number of piperazine rings is 1. The molecule has 7 nitrogen and oxygen atoms in total. The topological polar surface area (TPSA) is 82.6 Å². The second-order valence-electron chi connectivity index (χ2n) is 7.08. The highest BCUT2D eigenvalue weighted by atomic mass is 32.2. The summed E-state index contributed by atoms with van der Waals surface area (Å²) in [6.07, 6.45) is 3.25. The fourth-order valence-electron chi connectivity index (χ4n) is 3.34.